The van der Waals surface area contributed by atoms with Crippen molar-refractivity contribution < 1.29 is 14.6 Å². The monoisotopic (exact) mass is 264 g/mol. The van der Waals surface area contributed by atoms with Crippen LogP contribution in [0.5, 0.6) is 11.5 Å². The van der Waals surface area contributed by atoms with E-state index < -0.39 is 0 Å². The smallest absolute Gasteiger partial charge is 0.254 e. The van der Waals surface area contributed by atoms with Crippen LogP contribution in [-0.2, 0) is 0 Å². The summed E-state index contributed by atoms with van der Waals surface area (Å²) in [5, 5.41) is 9.71. The van der Waals surface area contributed by atoms with Gasteiger partial charge in [-0.2, -0.15) is 0 Å². The molecule has 0 unspecified atom stereocenters. The lowest BCUT2D eigenvalue weighted by Gasteiger charge is -2.34. The van der Waals surface area contributed by atoms with Gasteiger partial charge < -0.3 is 19.6 Å². The van der Waals surface area contributed by atoms with Crippen LogP contribution >= 0.6 is 0 Å². The third kappa shape index (κ3) is 2.98. The molecule has 0 saturated carbocycles. The van der Waals surface area contributed by atoms with Crippen molar-refractivity contribution in [3.05, 3.63) is 23.8 Å². The first kappa shape index (κ1) is 13.7. The Kier molecular flexibility index (Phi) is 4.27. The van der Waals surface area contributed by atoms with E-state index in [1.165, 1.54) is 13.2 Å². The molecule has 0 spiro atoms. The fraction of sp³-hybridized carbons (Fsp3) is 0.500. The van der Waals surface area contributed by atoms with Gasteiger partial charge in [0.2, 0.25) is 0 Å². The number of methoxy groups -OCH3 is 1. The van der Waals surface area contributed by atoms with E-state index >= 15 is 0 Å². The first-order chi connectivity index (χ1) is 9.15. The number of carbonyl (C=O) groups is 1. The highest BCUT2D eigenvalue weighted by molar-refractivity contribution is 5.95. The normalized spacial score (nSPS) is 16.4. The predicted octanol–water partition coefficient (Wildman–Crippen LogP) is 1.18. The Morgan fingerprint density at radius 1 is 1.32 bits per heavy atom. The van der Waals surface area contributed by atoms with Crippen molar-refractivity contribution in [2.75, 3.05) is 39.8 Å². The number of phenols is 1. The molecular weight excluding hydrogens is 244 g/mol. The second-order valence-electron chi connectivity index (χ2n) is 4.61. The number of nitrogens with zero attached hydrogens (tertiary/aromatic N) is 2. The highest BCUT2D eigenvalue weighted by Gasteiger charge is 2.21. The zero-order valence-corrected chi connectivity index (χ0v) is 11.4. The van der Waals surface area contributed by atoms with E-state index in [2.05, 4.69) is 11.8 Å². The standard InChI is InChI=1S/C14H20N2O3/c1-3-15-6-8-16(9-7-15)14(18)11-4-5-13(19-2)12(17)10-11/h4-5,10,17H,3,6-9H2,1-2H3. The maximum absolute atomic E-state index is 12.3. The van der Waals surface area contributed by atoms with Crippen LogP contribution in [-0.4, -0.2) is 60.6 Å². The third-order valence-electron chi connectivity index (χ3n) is 3.53. The maximum Gasteiger partial charge on any atom is 0.254 e. The number of rotatable bonds is 3. The van der Waals surface area contributed by atoms with Crippen LogP contribution in [0.4, 0.5) is 0 Å². The van der Waals surface area contributed by atoms with E-state index in [-0.39, 0.29) is 11.7 Å². The Bertz CT molecular complexity index is 454. The number of carbonyl (C=O) groups excluding carboxylic acids is 1. The Morgan fingerprint density at radius 2 is 2.00 bits per heavy atom. The Hall–Kier alpha value is -1.75. The quantitative estimate of drug-likeness (QED) is 0.890. The second-order valence-corrected chi connectivity index (χ2v) is 4.61. The van der Waals surface area contributed by atoms with Gasteiger partial charge in [0.1, 0.15) is 0 Å². The first-order valence-corrected chi connectivity index (χ1v) is 6.54. The van der Waals surface area contributed by atoms with Crippen LogP contribution < -0.4 is 4.74 Å². The van der Waals surface area contributed by atoms with Gasteiger partial charge in [0.25, 0.3) is 5.91 Å². The third-order valence-corrected chi connectivity index (χ3v) is 3.53. The van der Waals surface area contributed by atoms with Crippen molar-refractivity contribution in [2.45, 2.75) is 6.92 Å². The molecule has 0 aromatic heterocycles. The maximum atomic E-state index is 12.3. The van der Waals surface area contributed by atoms with Gasteiger partial charge in [-0.1, -0.05) is 6.92 Å². The average Bonchev–Trinajstić information content (AvgIpc) is 2.46. The number of benzene rings is 1. The molecule has 1 aliphatic heterocycles. The zero-order valence-electron chi connectivity index (χ0n) is 11.4. The zero-order chi connectivity index (χ0) is 13.8. The minimum atomic E-state index is -0.0336. The summed E-state index contributed by atoms with van der Waals surface area (Å²) in [6, 6.07) is 4.77. The number of likely N-dealkylation sites (N-methyl/N-ethyl adjacent to an activating group) is 1. The molecular formula is C14H20N2O3. The Balaban J connectivity index is 2.06. The highest BCUT2D eigenvalue weighted by Crippen LogP contribution is 2.26. The van der Waals surface area contributed by atoms with Crippen LogP contribution in [0.3, 0.4) is 0 Å². The molecule has 1 amide bonds. The molecule has 5 heteroatoms. The molecule has 1 N–H and O–H groups in total. The molecule has 1 fully saturated rings. The number of hydrogen-bond acceptors (Lipinski definition) is 4. The van der Waals surface area contributed by atoms with Gasteiger partial charge in [-0.05, 0) is 24.7 Å². The molecule has 1 saturated heterocycles. The van der Waals surface area contributed by atoms with Crippen LogP contribution in [0.25, 0.3) is 0 Å². The summed E-state index contributed by atoms with van der Waals surface area (Å²) in [6.45, 7) is 6.43. The van der Waals surface area contributed by atoms with Crippen molar-refractivity contribution in [1.82, 2.24) is 9.80 Å². The summed E-state index contributed by atoms with van der Waals surface area (Å²) < 4.78 is 4.97. The van der Waals surface area contributed by atoms with Gasteiger partial charge in [-0.3, -0.25) is 4.79 Å². The lowest BCUT2D eigenvalue weighted by molar-refractivity contribution is 0.0643. The number of piperazine rings is 1. The first-order valence-electron chi connectivity index (χ1n) is 6.54. The van der Waals surface area contributed by atoms with E-state index in [0.29, 0.717) is 11.3 Å². The van der Waals surface area contributed by atoms with Crippen LogP contribution in [0.15, 0.2) is 18.2 Å². The number of aromatic hydroxyl groups is 1. The van der Waals surface area contributed by atoms with E-state index in [0.717, 1.165) is 32.7 Å². The molecule has 1 heterocycles. The lowest BCUT2D eigenvalue weighted by Crippen LogP contribution is -2.48. The molecule has 0 bridgehead atoms. The number of ether oxygens (including phenoxy) is 1. The van der Waals surface area contributed by atoms with Gasteiger partial charge in [0.05, 0.1) is 7.11 Å². The second kappa shape index (κ2) is 5.93. The fourth-order valence-corrected chi connectivity index (χ4v) is 2.27. The number of amides is 1. The molecule has 0 radical (unpaired) electrons. The van der Waals surface area contributed by atoms with Gasteiger partial charge in [-0.15, -0.1) is 0 Å². The van der Waals surface area contributed by atoms with Crippen molar-refractivity contribution in [3.63, 3.8) is 0 Å². The fourth-order valence-electron chi connectivity index (χ4n) is 2.27. The molecule has 5 nitrogen and oxygen atoms in total. The van der Waals surface area contributed by atoms with E-state index in [4.69, 9.17) is 4.74 Å². The van der Waals surface area contributed by atoms with Gasteiger partial charge in [0.15, 0.2) is 11.5 Å². The summed E-state index contributed by atoms with van der Waals surface area (Å²) in [4.78, 5) is 16.4. The lowest BCUT2D eigenvalue weighted by atomic mass is 10.1. The summed E-state index contributed by atoms with van der Waals surface area (Å²) in [5.74, 6) is 0.349. The Morgan fingerprint density at radius 3 is 2.53 bits per heavy atom. The molecule has 104 valence electrons. The van der Waals surface area contributed by atoms with Crippen molar-refractivity contribution in [1.29, 1.82) is 0 Å². The molecule has 1 aromatic rings. The van der Waals surface area contributed by atoms with E-state index in [1.54, 1.807) is 12.1 Å². The minimum Gasteiger partial charge on any atom is -0.504 e. The average molecular weight is 264 g/mol. The summed E-state index contributed by atoms with van der Waals surface area (Å²) in [7, 11) is 1.49. The number of phenolic OH excluding ortho intramolecular Hbond substituents is 1. The summed E-state index contributed by atoms with van der Waals surface area (Å²) >= 11 is 0. The summed E-state index contributed by atoms with van der Waals surface area (Å²) in [6.07, 6.45) is 0. The largest absolute Gasteiger partial charge is 0.504 e. The Labute approximate surface area is 113 Å². The van der Waals surface area contributed by atoms with Crippen molar-refractivity contribution >= 4 is 5.91 Å². The van der Waals surface area contributed by atoms with E-state index in [1.807, 2.05) is 4.90 Å². The SMILES string of the molecule is CCN1CCN(C(=O)c2ccc(OC)c(O)c2)CC1. The molecule has 1 aliphatic rings. The van der Waals surface area contributed by atoms with Gasteiger partial charge in [0, 0.05) is 31.7 Å². The molecule has 2 rings (SSSR count). The topological polar surface area (TPSA) is 53.0 Å². The molecule has 0 atom stereocenters. The summed E-state index contributed by atoms with van der Waals surface area (Å²) in [5.41, 5.74) is 0.503. The highest BCUT2D eigenvalue weighted by atomic mass is 16.5. The predicted molar refractivity (Wildman–Crippen MR) is 72.7 cm³/mol. The van der Waals surface area contributed by atoms with E-state index in [9.17, 15) is 9.90 Å². The van der Waals surface area contributed by atoms with Crippen molar-refractivity contribution in [3.8, 4) is 11.5 Å². The van der Waals surface area contributed by atoms with Gasteiger partial charge in [-0.25, -0.2) is 0 Å². The van der Waals surface area contributed by atoms with Crippen LogP contribution in [0, 0.1) is 0 Å². The van der Waals surface area contributed by atoms with Crippen LogP contribution in [0.2, 0.25) is 0 Å². The minimum absolute atomic E-state index is 0.000504. The van der Waals surface area contributed by atoms with Crippen molar-refractivity contribution in [2.24, 2.45) is 0 Å². The van der Waals surface area contributed by atoms with Crippen LogP contribution in [0.1, 0.15) is 17.3 Å². The molecule has 0 aliphatic carbocycles. The molecule has 1 aromatic carbocycles. The molecule has 19 heavy (non-hydrogen) atoms. The number of hydrogen-bond donors (Lipinski definition) is 1. The van der Waals surface area contributed by atoms with Gasteiger partial charge >= 0.3 is 0 Å².